The molecule has 0 unspecified atom stereocenters. The second kappa shape index (κ2) is 7.65. The van der Waals surface area contributed by atoms with Gasteiger partial charge in [-0.15, -0.1) is 0 Å². The van der Waals surface area contributed by atoms with E-state index in [0.29, 0.717) is 5.17 Å². The van der Waals surface area contributed by atoms with Crippen molar-refractivity contribution in [3.05, 3.63) is 64.1 Å². The number of aliphatic imine (C=N–C) groups is 1. The first-order valence-corrected chi connectivity index (χ1v) is 12.4. The number of carbonyl (C=O) groups excluding carboxylic acids is 1. The quantitative estimate of drug-likeness (QED) is 0.673. The molecule has 1 amide bonds. The lowest BCUT2D eigenvalue weighted by molar-refractivity contribution is -0.117. The smallest absolute Gasteiger partial charge is 0.252 e. The molecule has 2 aromatic rings. The average Bonchev–Trinajstić information content (AvgIpc) is 3.06. The predicted molar refractivity (Wildman–Crippen MR) is 118 cm³/mol. The molecule has 2 heterocycles. The van der Waals surface area contributed by atoms with Crippen molar-refractivity contribution in [2.45, 2.75) is 24.6 Å². The van der Waals surface area contributed by atoms with Gasteiger partial charge in [0, 0.05) is 15.4 Å². The van der Waals surface area contributed by atoms with Gasteiger partial charge in [0.15, 0.2) is 15.0 Å². The Hall–Kier alpha value is -1.64. The molecule has 8 heteroatoms. The summed E-state index contributed by atoms with van der Waals surface area (Å²) in [5, 5.41) is 0.490. The monoisotopic (exact) mass is 478 g/mol. The second-order valence-corrected chi connectivity index (χ2v) is 11.4. The summed E-state index contributed by atoms with van der Waals surface area (Å²) >= 11 is 4.82. The SMILES string of the molecule is Cc1cccc(CC(=O)N=C2S[C@@H]3CS(=O)(=O)C[C@H]3N2c2ccc(Br)cc2)c1. The maximum Gasteiger partial charge on any atom is 0.252 e. The van der Waals surface area contributed by atoms with Crippen LogP contribution >= 0.6 is 27.7 Å². The molecular weight excluding hydrogens is 460 g/mol. The highest BCUT2D eigenvalue weighted by molar-refractivity contribution is 9.10. The molecule has 2 saturated heterocycles. The van der Waals surface area contributed by atoms with Gasteiger partial charge < -0.3 is 4.90 Å². The molecule has 0 aromatic heterocycles. The van der Waals surface area contributed by atoms with E-state index in [4.69, 9.17) is 0 Å². The number of fused-ring (bicyclic) bond motifs is 1. The number of sulfone groups is 1. The summed E-state index contributed by atoms with van der Waals surface area (Å²) < 4.78 is 25.2. The van der Waals surface area contributed by atoms with Crippen molar-refractivity contribution in [2.24, 2.45) is 4.99 Å². The largest absolute Gasteiger partial charge is 0.316 e. The zero-order valence-electron chi connectivity index (χ0n) is 15.2. The molecule has 5 nitrogen and oxygen atoms in total. The van der Waals surface area contributed by atoms with Crippen LogP contribution in [0.4, 0.5) is 5.69 Å². The Kier molecular flexibility index (Phi) is 5.37. The molecular formula is C20H19BrN2O3S2. The Bertz CT molecular complexity index is 1050. The van der Waals surface area contributed by atoms with Crippen molar-refractivity contribution in [2.75, 3.05) is 16.4 Å². The number of amidine groups is 1. The lowest BCUT2D eigenvalue weighted by Crippen LogP contribution is -2.37. The molecule has 0 N–H and O–H groups in total. The summed E-state index contributed by atoms with van der Waals surface area (Å²) in [6, 6.07) is 15.3. The first-order chi connectivity index (χ1) is 13.3. The normalized spacial score (nSPS) is 24.5. The molecule has 146 valence electrons. The Morgan fingerprint density at radius 2 is 1.96 bits per heavy atom. The molecule has 2 fully saturated rings. The van der Waals surface area contributed by atoms with Gasteiger partial charge in [0.05, 0.1) is 24.0 Å². The van der Waals surface area contributed by atoms with E-state index in [2.05, 4.69) is 20.9 Å². The number of hydrogen-bond acceptors (Lipinski definition) is 4. The fourth-order valence-electron chi connectivity index (χ4n) is 3.61. The Balaban J connectivity index is 1.63. The number of thioether (sulfide) groups is 1. The van der Waals surface area contributed by atoms with Gasteiger partial charge in [-0.2, -0.15) is 4.99 Å². The molecule has 28 heavy (non-hydrogen) atoms. The van der Waals surface area contributed by atoms with Crippen molar-refractivity contribution in [3.63, 3.8) is 0 Å². The Morgan fingerprint density at radius 1 is 1.21 bits per heavy atom. The molecule has 0 bridgehead atoms. The summed E-state index contributed by atoms with van der Waals surface area (Å²) in [5.41, 5.74) is 2.88. The number of carbonyl (C=O) groups is 1. The number of aryl methyl sites for hydroxylation is 1. The first-order valence-electron chi connectivity index (χ1n) is 8.90. The molecule has 0 radical (unpaired) electrons. The number of anilines is 1. The van der Waals surface area contributed by atoms with E-state index in [1.165, 1.54) is 11.8 Å². The average molecular weight is 479 g/mol. The van der Waals surface area contributed by atoms with E-state index >= 15 is 0 Å². The number of amides is 1. The fraction of sp³-hybridized carbons (Fsp3) is 0.300. The summed E-state index contributed by atoms with van der Waals surface area (Å²) in [5.74, 6) is -0.00948. The van der Waals surface area contributed by atoms with Gasteiger partial charge in [-0.3, -0.25) is 4.79 Å². The van der Waals surface area contributed by atoms with Crippen LogP contribution in [-0.4, -0.2) is 42.3 Å². The van der Waals surface area contributed by atoms with Gasteiger partial charge >= 0.3 is 0 Å². The fourth-order valence-corrected chi connectivity index (χ4v) is 7.81. The summed E-state index contributed by atoms with van der Waals surface area (Å²) in [4.78, 5) is 18.9. The van der Waals surface area contributed by atoms with Gasteiger partial charge in [0.1, 0.15) is 0 Å². The van der Waals surface area contributed by atoms with Crippen LogP contribution < -0.4 is 4.90 Å². The maximum absolute atomic E-state index is 12.6. The van der Waals surface area contributed by atoms with Crippen LogP contribution in [0, 0.1) is 6.92 Å². The number of benzene rings is 2. The van der Waals surface area contributed by atoms with Crippen LogP contribution in [0.25, 0.3) is 0 Å². The molecule has 0 aliphatic carbocycles. The number of halogens is 1. The zero-order valence-corrected chi connectivity index (χ0v) is 18.4. The minimum Gasteiger partial charge on any atom is -0.316 e. The van der Waals surface area contributed by atoms with Crippen molar-refractivity contribution in [3.8, 4) is 0 Å². The van der Waals surface area contributed by atoms with Crippen molar-refractivity contribution < 1.29 is 13.2 Å². The molecule has 2 aliphatic rings. The zero-order chi connectivity index (χ0) is 19.9. The number of nitrogens with zero attached hydrogens (tertiary/aromatic N) is 2. The highest BCUT2D eigenvalue weighted by Crippen LogP contribution is 2.41. The summed E-state index contributed by atoms with van der Waals surface area (Å²) in [6.45, 7) is 1.99. The topological polar surface area (TPSA) is 66.8 Å². The standard InChI is InChI=1S/C20H19BrN2O3S2/c1-13-3-2-4-14(9-13)10-19(24)22-20-23(16-7-5-15(21)6-8-16)17-11-28(25,26)12-18(17)27-20/h2-9,17-18H,10-12H2,1H3/t17-,18-/m1/s1. The van der Waals surface area contributed by atoms with Gasteiger partial charge in [-0.1, -0.05) is 57.5 Å². The van der Waals surface area contributed by atoms with Crippen LogP contribution in [0.15, 0.2) is 58.0 Å². The van der Waals surface area contributed by atoms with Crippen molar-refractivity contribution in [1.82, 2.24) is 0 Å². The molecule has 2 aromatic carbocycles. The molecule has 0 saturated carbocycles. The van der Waals surface area contributed by atoms with E-state index in [1.54, 1.807) is 0 Å². The Labute approximate surface area is 177 Å². The van der Waals surface area contributed by atoms with E-state index < -0.39 is 9.84 Å². The van der Waals surface area contributed by atoms with Crippen LogP contribution in [0.1, 0.15) is 11.1 Å². The van der Waals surface area contributed by atoms with Crippen LogP contribution in [0.2, 0.25) is 0 Å². The maximum atomic E-state index is 12.6. The van der Waals surface area contributed by atoms with Crippen LogP contribution in [0.3, 0.4) is 0 Å². The lowest BCUT2D eigenvalue weighted by Gasteiger charge is -2.24. The van der Waals surface area contributed by atoms with Crippen LogP contribution in [-0.2, 0) is 21.1 Å². The highest BCUT2D eigenvalue weighted by Gasteiger charge is 2.49. The summed E-state index contributed by atoms with van der Waals surface area (Å²) in [6.07, 6.45) is 0.230. The van der Waals surface area contributed by atoms with Crippen LogP contribution in [0.5, 0.6) is 0 Å². The highest BCUT2D eigenvalue weighted by atomic mass is 79.9. The third-order valence-electron chi connectivity index (χ3n) is 4.83. The van der Waals surface area contributed by atoms with Gasteiger partial charge in [0.2, 0.25) is 0 Å². The first kappa shape index (κ1) is 19.7. The molecule has 4 rings (SSSR count). The second-order valence-electron chi connectivity index (χ2n) is 7.10. The third kappa shape index (κ3) is 4.18. The minimum atomic E-state index is -3.07. The number of hydrogen-bond donors (Lipinski definition) is 0. The van der Waals surface area contributed by atoms with Gasteiger partial charge in [-0.05, 0) is 36.8 Å². The van der Waals surface area contributed by atoms with E-state index in [0.717, 1.165) is 21.3 Å². The molecule has 2 aliphatic heterocycles. The van der Waals surface area contributed by atoms with Crippen molar-refractivity contribution in [1.29, 1.82) is 0 Å². The van der Waals surface area contributed by atoms with E-state index in [1.807, 2.05) is 60.4 Å². The third-order valence-corrected chi connectivity index (χ3v) is 8.57. The minimum absolute atomic E-state index is 0.0891. The van der Waals surface area contributed by atoms with E-state index in [9.17, 15) is 13.2 Å². The van der Waals surface area contributed by atoms with E-state index in [-0.39, 0.29) is 35.1 Å². The van der Waals surface area contributed by atoms with Gasteiger partial charge in [-0.25, -0.2) is 8.42 Å². The lowest BCUT2D eigenvalue weighted by atomic mass is 10.1. The molecule has 2 atom stereocenters. The predicted octanol–water partition coefficient (Wildman–Crippen LogP) is 3.60. The summed E-state index contributed by atoms with van der Waals surface area (Å²) in [7, 11) is -3.07. The number of rotatable bonds is 3. The van der Waals surface area contributed by atoms with Gasteiger partial charge in [0.25, 0.3) is 5.91 Å². The van der Waals surface area contributed by atoms with Crippen molar-refractivity contribution >= 4 is 54.3 Å². The Morgan fingerprint density at radius 3 is 2.68 bits per heavy atom. The molecule has 0 spiro atoms.